The van der Waals surface area contributed by atoms with Crippen LogP contribution in [-0.4, -0.2) is 45.2 Å². The van der Waals surface area contributed by atoms with Crippen molar-refractivity contribution < 1.29 is 22.7 Å². The molecule has 1 N–H and O–H groups in total. The maximum absolute atomic E-state index is 12.6. The van der Waals surface area contributed by atoms with Gasteiger partial charge in [-0.25, -0.2) is 14.8 Å². The van der Waals surface area contributed by atoms with Gasteiger partial charge in [0.25, 0.3) is 0 Å². The Kier molecular flexibility index (Phi) is 5.43. The van der Waals surface area contributed by atoms with Gasteiger partial charge in [-0.1, -0.05) is 0 Å². The van der Waals surface area contributed by atoms with Gasteiger partial charge in [0, 0.05) is 25.0 Å². The molecule has 2 atom stereocenters. The topological polar surface area (TPSA) is 67.4 Å². The first-order chi connectivity index (χ1) is 11.5. The highest BCUT2D eigenvalue weighted by molar-refractivity contribution is 5.69. The molecule has 6 nitrogen and oxygen atoms in total. The summed E-state index contributed by atoms with van der Waals surface area (Å²) in [5.74, 6) is 0.107. The Hall–Kier alpha value is -2.06. The van der Waals surface area contributed by atoms with E-state index in [1.807, 2.05) is 6.92 Å². The van der Waals surface area contributed by atoms with E-state index in [0.717, 1.165) is 25.2 Å². The van der Waals surface area contributed by atoms with Crippen molar-refractivity contribution in [1.29, 1.82) is 0 Å². The summed E-state index contributed by atoms with van der Waals surface area (Å²) in [5, 5.41) is 3.02. The van der Waals surface area contributed by atoms with Crippen molar-refractivity contribution >= 4 is 12.0 Å². The normalized spacial score (nSPS) is 21.8. The highest BCUT2D eigenvalue weighted by Gasteiger charge is 2.35. The van der Waals surface area contributed by atoms with E-state index in [2.05, 4.69) is 15.3 Å². The Bertz CT molecular complexity index is 599. The van der Waals surface area contributed by atoms with E-state index in [9.17, 15) is 18.0 Å². The van der Waals surface area contributed by atoms with Crippen molar-refractivity contribution in [3.8, 4) is 0 Å². The van der Waals surface area contributed by atoms with Gasteiger partial charge in [0.05, 0.1) is 11.6 Å². The molecule has 2 rings (SSSR count). The number of piperidine rings is 1. The van der Waals surface area contributed by atoms with Crippen molar-refractivity contribution in [2.45, 2.75) is 64.4 Å². The largest absolute Gasteiger partial charge is 0.444 e. The number of ether oxygens (including phenoxy) is 1. The fourth-order valence-electron chi connectivity index (χ4n) is 2.63. The Morgan fingerprint density at radius 1 is 1.28 bits per heavy atom. The van der Waals surface area contributed by atoms with Gasteiger partial charge in [0.15, 0.2) is 0 Å². The van der Waals surface area contributed by atoms with E-state index in [1.54, 1.807) is 25.7 Å². The number of halogens is 3. The summed E-state index contributed by atoms with van der Waals surface area (Å²) in [6.07, 6.45) is -1.88. The van der Waals surface area contributed by atoms with Crippen molar-refractivity contribution in [1.82, 2.24) is 14.9 Å². The summed E-state index contributed by atoms with van der Waals surface area (Å²) in [6.45, 7) is 7.83. The van der Waals surface area contributed by atoms with Gasteiger partial charge in [-0.15, -0.1) is 0 Å². The molecule has 0 radical (unpaired) electrons. The van der Waals surface area contributed by atoms with Gasteiger partial charge in [-0.3, -0.25) is 0 Å². The predicted molar refractivity (Wildman–Crippen MR) is 86.1 cm³/mol. The van der Waals surface area contributed by atoms with Gasteiger partial charge in [-0.05, 0) is 40.5 Å². The molecular formula is C16H23F3N4O2. The summed E-state index contributed by atoms with van der Waals surface area (Å²) < 4.78 is 43.1. The maximum Gasteiger partial charge on any atom is 0.419 e. The third-order valence-corrected chi connectivity index (χ3v) is 3.91. The first kappa shape index (κ1) is 19.3. The second-order valence-corrected chi connectivity index (χ2v) is 7.10. The zero-order chi connectivity index (χ0) is 18.8. The van der Waals surface area contributed by atoms with Crippen LogP contribution in [0.1, 0.15) is 46.1 Å². The number of hydrogen-bond acceptors (Lipinski definition) is 5. The van der Waals surface area contributed by atoms with Crippen LogP contribution in [-0.2, 0) is 10.9 Å². The van der Waals surface area contributed by atoms with Crippen LogP contribution in [0.2, 0.25) is 0 Å². The van der Waals surface area contributed by atoms with Gasteiger partial charge < -0.3 is 15.0 Å². The third kappa shape index (κ3) is 5.20. The summed E-state index contributed by atoms with van der Waals surface area (Å²) in [6, 6.07) is -0.368. The molecule has 1 saturated heterocycles. The fraction of sp³-hybridized carbons (Fsp3) is 0.688. The molecule has 0 bridgehead atoms. The Morgan fingerprint density at radius 3 is 2.40 bits per heavy atom. The zero-order valence-corrected chi connectivity index (χ0v) is 14.7. The number of carbonyl (C=O) groups is 1. The fourth-order valence-corrected chi connectivity index (χ4v) is 2.63. The summed E-state index contributed by atoms with van der Waals surface area (Å²) in [5.41, 5.74) is -1.49. The van der Waals surface area contributed by atoms with Crippen LogP contribution in [0, 0.1) is 0 Å². The summed E-state index contributed by atoms with van der Waals surface area (Å²) in [4.78, 5) is 21.4. The van der Waals surface area contributed by atoms with Gasteiger partial charge in [-0.2, -0.15) is 13.2 Å². The van der Waals surface area contributed by atoms with E-state index in [4.69, 9.17) is 4.74 Å². The Balaban J connectivity index is 2.03. The molecule has 25 heavy (non-hydrogen) atoms. The smallest absolute Gasteiger partial charge is 0.419 e. The molecule has 140 valence electrons. The van der Waals surface area contributed by atoms with Gasteiger partial charge in [0.2, 0.25) is 5.95 Å². The second-order valence-electron chi connectivity index (χ2n) is 7.10. The molecule has 1 fully saturated rings. The van der Waals surface area contributed by atoms with Crippen LogP contribution in [0.5, 0.6) is 0 Å². The first-order valence-corrected chi connectivity index (χ1v) is 8.13. The van der Waals surface area contributed by atoms with Gasteiger partial charge >= 0.3 is 12.3 Å². The molecule has 1 amide bonds. The van der Waals surface area contributed by atoms with Gasteiger partial charge in [0.1, 0.15) is 5.60 Å². The molecule has 0 aromatic carbocycles. The lowest BCUT2D eigenvalue weighted by molar-refractivity contribution is -0.138. The lowest BCUT2D eigenvalue weighted by atomic mass is 9.98. The number of anilines is 1. The molecule has 0 aliphatic carbocycles. The second kappa shape index (κ2) is 7.05. The number of rotatable bonds is 2. The standard InChI is InChI=1S/C16H23F3N4O2/c1-10-12(6-5-7-23(10)14(24)25-15(2,3)4)22-13-20-8-11(9-21-13)16(17,18)19/h8-10,12H,5-7H2,1-4H3,(H,20,21,22). The number of amides is 1. The number of nitrogens with zero attached hydrogens (tertiary/aromatic N) is 3. The highest BCUT2D eigenvalue weighted by atomic mass is 19.4. The first-order valence-electron chi connectivity index (χ1n) is 8.13. The van der Waals surface area contributed by atoms with Crippen molar-refractivity contribution in [3.63, 3.8) is 0 Å². The number of likely N-dealkylation sites (tertiary alicyclic amines) is 1. The molecule has 1 aromatic rings. The number of hydrogen-bond donors (Lipinski definition) is 1. The van der Waals surface area contributed by atoms with Crippen molar-refractivity contribution in [3.05, 3.63) is 18.0 Å². The Morgan fingerprint density at radius 2 is 1.88 bits per heavy atom. The summed E-state index contributed by atoms with van der Waals surface area (Å²) >= 11 is 0. The third-order valence-electron chi connectivity index (χ3n) is 3.91. The van der Waals surface area contributed by atoms with E-state index in [0.29, 0.717) is 6.54 Å². The molecule has 2 heterocycles. The van der Waals surface area contributed by atoms with Crippen molar-refractivity contribution in [2.24, 2.45) is 0 Å². The molecule has 1 aromatic heterocycles. The quantitative estimate of drug-likeness (QED) is 0.871. The van der Waals surface area contributed by atoms with Crippen molar-refractivity contribution in [2.75, 3.05) is 11.9 Å². The number of nitrogens with one attached hydrogen (secondary N) is 1. The van der Waals surface area contributed by atoms with E-state index in [1.165, 1.54) is 0 Å². The average Bonchev–Trinajstić information content (AvgIpc) is 2.47. The number of carbonyl (C=O) groups excluding carboxylic acids is 1. The van der Waals surface area contributed by atoms with Crippen LogP contribution >= 0.6 is 0 Å². The number of alkyl halides is 3. The molecule has 1 aliphatic rings. The van der Waals surface area contributed by atoms with Crippen LogP contribution in [0.15, 0.2) is 12.4 Å². The molecule has 1 aliphatic heterocycles. The maximum atomic E-state index is 12.6. The van der Waals surface area contributed by atoms with Crippen LogP contribution < -0.4 is 5.32 Å². The molecular weight excluding hydrogens is 337 g/mol. The van der Waals surface area contributed by atoms with E-state index >= 15 is 0 Å². The van der Waals surface area contributed by atoms with E-state index < -0.39 is 23.4 Å². The minimum Gasteiger partial charge on any atom is -0.444 e. The molecule has 9 heteroatoms. The zero-order valence-electron chi connectivity index (χ0n) is 14.7. The summed E-state index contributed by atoms with van der Waals surface area (Å²) in [7, 11) is 0. The lowest BCUT2D eigenvalue weighted by Gasteiger charge is -2.40. The average molecular weight is 360 g/mol. The Labute approximate surface area is 144 Å². The molecule has 0 saturated carbocycles. The highest BCUT2D eigenvalue weighted by Crippen LogP contribution is 2.28. The van der Waals surface area contributed by atoms with E-state index in [-0.39, 0.29) is 18.0 Å². The van der Waals surface area contributed by atoms with Crippen LogP contribution in [0.4, 0.5) is 23.9 Å². The lowest BCUT2D eigenvalue weighted by Crippen LogP contribution is -2.53. The van der Waals surface area contributed by atoms with Crippen LogP contribution in [0.25, 0.3) is 0 Å². The number of aromatic nitrogens is 2. The minimum absolute atomic E-state index is 0.107. The predicted octanol–water partition coefficient (Wildman–Crippen LogP) is 3.70. The van der Waals surface area contributed by atoms with Crippen LogP contribution in [0.3, 0.4) is 0 Å². The minimum atomic E-state index is -4.47. The monoisotopic (exact) mass is 360 g/mol. The molecule has 0 spiro atoms. The SMILES string of the molecule is CC1C(Nc2ncc(C(F)(F)F)cn2)CCCN1C(=O)OC(C)(C)C. The molecule has 2 unspecified atom stereocenters.